The molecule has 0 saturated carbocycles. The van der Waals surface area contributed by atoms with E-state index in [9.17, 15) is 4.79 Å². The number of carbonyl (C=O) groups is 1. The molecule has 1 N–H and O–H groups in total. The van der Waals surface area contributed by atoms with Gasteiger partial charge in [0.05, 0.1) is 12.8 Å². The summed E-state index contributed by atoms with van der Waals surface area (Å²) in [6.45, 7) is 3.94. The molecule has 2 aromatic heterocycles. The number of nitrogens with zero attached hydrogens (tertiary/aromatic N) is 3. The molecule has 6 heteroatoms. The number of aromatic nitrogens is 3. The molecule has 2 rings (SSSR count). The van der Waals surface area contributed by atoms with Gasteiger partial charge >= 0.3 is 5.97 Å². The summed E-state index contributed by atoms with van der Waals surface area (Å²) >= 11 is 0. The van der Waals surface area contributed by atoms with Crippen molar-refractivity contribution in [2.24, 2.45) is 0 Å². The molecule has 0 bridgehead atoms. The van der Waals surface area contributed by atoms with Gasteiger partial charge in [0.1, 0.15) is 5.69 Å². The quantitative estimate of drug-likeness (QED) is 0.786. The van der Waals surface area contributed by atoms with Crippen LogP contribution in [0.1, 0.15) is 10.5 Å². The van der Waals surface area contributed by atoms with Crippen LogP contribution in [0.25, 0.3) is 11.5 Å². The van der Waals surface area contributed by atoms with Crippen LogP contribution in [0.5, 0.6) is 0 Å². The van der Waals surface area contributed by atoms with E-state index < -0.39 is 5.97 Å². The van der Waals surface area contributed by atoms with Crippen LogP contribution >= 0.6 is 0 Å². The number of aromatic carboxylic acids is 1. The molecular weight excluding hydrogens is 210 g/mol. The fourth-order valence-corrected chi connectivity index (χ4v) is 1.36. The Balaban J connectivity index is 2.58. The lowest BCUT2D eigenvalue weighted by Crippen LogP contribution is -2.03. The van der Waals surface area contributed by atoms with Gasteiger partial charge in [0.25, 0.3) is 0 Å². The first-order valence-electron chi connectivity index (χ1n) is 4.55. The minimum absolute atomic E-state index is 0.128. The van der Waals surface area contributed by atoms with Crippen LogP contribution in [0, 0.1) is 0 Å². The van der Waals surface area contributed by atoms with E-state index in [1.807, 2.05) is 0 Å². The Morgan fingerprint density at radius 3 is 3.06 bits per heavy atom. The second-order valence-corrected chi connectivity index (χ2v) is 3.04. The van der Waals surface area contributed by atoms with Crippen LogP contribution in [0.3, 0.4) is 0 Å². The second kappa shape index (κ2) is 4.01. The van der Waals surface area contributed by atoms with Crippen molar-refractivity contribution in [3.8, 4) is 11.5 Å². The molecule has 16 heavy (non-hydrogen) atoms. The van der Waals surface area contributed by atoms with E-state index in [0.29, 0.717) is 18.0 Å². The van der Waals surface area contributed by atoms with Gasteiger partial charge in [-0.2, -0.15) is 0 Å². The third kappa shape index (κ3) is 1.60. The first-order valence-corrected chi connectivity index (χ1v) is 4.55. The first kappa shape index (κ1) is 10.2. The predicted molar refractivity (Wildman–Crippen MR) is 54.9 cm³/mol. The van der Waals surface area contributed by atoms with Crippen molar-refractivity contribution in [2.75, 3.05) is 0 Å². The Morgan fingerprint density at radius 1 is 1.69 bits per heavy atom. The van der Waals surface area contributed by atoms with Crippen LogP contribution in [-0.4, -0.2) is 26.1 Å². The largest absolute Gasteiger partial charge is 0.476 e. The lowest BCUT2D eigenvalue weighted by molar-refractivity contribution is 0.0691. The Bertz CT molecular complexity index is 513. The van der Waals surface area contributed by atoms with Crippen molar-refractivity contribution in [3.63, 3.8) is 0 Å². The number of carboxylic acids is 1. The summed E-state index contributed by atoms with van der Waals surface area (Å²) in [4.78, 5) is 11.0. The third-order valence-corrected chi connectivity index (χ3v) is 1.99. The van der Waals surface area contributed by atoms with E-state index in [1.54, 1.807) is 18.2 Å². The highest BCUT2D eigenvalue weighted by molar-refractivity contribution is 5.91. The van der Waals surface area contributed by atoms with Crippen LogP contribution < -0.4 is 0 Å². The molecule has 0 amide bonds. The number of rotatable bonds is 4. The number of furan rings is 1. The first-order chi connectivity index (χ1) is 7.74. The van der Waals surface area contributed by atoms with Crippen molar-refractivity contribution in [2.45, 2.75) is 6.54 Å². The summed E-state index contributed by atoms with van der Waals surface area (Å²) in [5.74, 6) is -0.717. The van der Waals surface area contributed by atoms with Gasteiger partial charge in [-0.05, 0) is 12.1 Å². The molecular formula is C10H9N3O3. The molecule has 0 spiro atoms. The highest BCUT2D eigenvalue weighted by Gasteiger charge is 2.21. The Kier molecular flexibility index (Phi) is 2.55. The number of allylic oxidation sites excluding steroid dienone is 1. The molecule has 0 fully saturated rings. The van der Waals surface area contributed by atoms with Crippen molar-refractivity contribution >= 4 is 5.97 Å². The number of hydrogen-bond donors (Lipinski definition) is 1. The van der Waals surface area contributed by atoms with E-state index in [0.717, 1.165) is 0 Å². The highest BCUT2D eigenvalue weighted by atomic mass is 16.4. The minimum Gasteiger partial charge on any atom is -0.476 e. The number of carboxylic acid groups (broad SMARTS) is 1. The summed E-state index contributed by atoms with van der Waals surface area (Å²) in [5.41, 5.74) is 0.217. The minimum atomic E-state index is -1.14. The monoisotopic (exact) mass is 219 g/mol. The van der Waals surface area contributed by atoms with Gasteiger partial charge in [0.2, 0.25) is 5.69 Å². The maximum absolute atomic E-state index is 11.0. The zero-order valence-electron chi connectivity index (χ0n) is 8.33. The van der Waals surface area contributed by atoms with Gasteiger partial charge in [0.15, 0.2) is 5.76 Å². The van der Waals surface area contributed by atoms with Crippen molar-refractivity contribution in [1.29, 1.82) is 0 Å². The second-order valence-electron chi connectivity index (χ2n) is 3.04. The Hall–Kier alpha value is -2.37. The van der Waals surface area contributed by atoms with E-state index in [1.165, 1.54) is 10.9 Å². The third-order valence-electron chi connectivity index (χ3n) is 1.99. The SMILES string of the molecule is C=CCn1nnc(C(=O)O)c1-c1ccco1. The van der Waals surface area contributed by atoms with Gasteiger partial charge in [-0.25, -0.2) is 9.48 Å². The molecule has 0 aliphatic rings. The summed E-state index contributed by atoms with van der Waals surface area (Å²) in [7, 11) is 0. The maximum Gasteiger partial charge on any atom is 0.358 e. The van der Waals surface area contributed by atoms with Gasteiger partial charge in [-0.3, -0.25) is 0 Å². The molecule has 82 valence electrons. The Labute approximate surface area is 90.8 Å². The molecule has 2 aromatic rings. The topological polar surface area (TPSA) is 81.2 Å². The molecule has 0 aromatic carbocycles. The molecule has 0 aliphatic carbocycles. The maximum atomic E-state index is 11.0. The fourth-order valence-electron chi connectivity index (χ4n) is 1.36. The summed E-state index contributed by atoms with van der Waals surface area (Å²) < 4.78 is 6.58. The van der Waals surface area contributed by atoms with E-state index in [2.05, 4.69) is 16.9 Å². The lowest BCUT2D eigenvalue weighted by atomic mass is 10.2. The van der Waals surface area contributed by atoms with Crippen molar-refractivity contribution < 1.29 is 14.3 Å². The normalized spacial score (nSPS) is 10.2. The van der Waals surface area contributed by atoms with Crippen LogP contribution in [-0.2, 0) is 6.54 Å². The van der Waals surface area contributed by atoms with Crippen molar-refractivity contribution in [1.82, 2.24) is 15.0 Å². The smallest absolute Gasteiger partial charge is 0.358 e. The molecule has 6 nitrogen and oxygen atoms in total. The van der Waals surface area contributed by atoms with Crippen molar-refractivity contribution in [3.05, 3.63) is 36.7 Å². The van der Waals surface area contributed by atoms with E-state index in [4.69, 9.17) is 9.52 Å². The average molecular weight is 219 g/mol. The molecule has 0 unspecified atom stereocenters. The van der Waals surface area contributed by atoms with Gasteiger partial charge in [0, 0.05) is 0 Å². The zero-order valence-corrected chi connectivity index (χ0v) is 8.33. The van der Waals surface area contributed by atoms with Crippen LogP contribution in [0.2, 0.25) is 0 Å². The van der Waals surface area contributed by atoms with Gasteiger partial charge in [-0.1, -0.05) is 11.3 Å². The standard InChI is InChI=1S/C10H9N3O3/c1-2-5-13-9(7-4-3-6-16-7)8(10(14)15)11-12-13/h2-4,6H,1,5H2,(H,14,15). The van der Waals surface area contributed by atoms with Gasteiger partial charge < -0.3 is 9.52 Å². The van der Waals surface area contributed by atoms with E-state index in [-0.39, 0.29) is 5.69 Å². The molecule has 2 heterocycles. The number of hydrogen-bond acceptors (Lipinski definition) is 4. The summed E-state index contributed by atoms with van der Waals surface area (Å²) in [6, 6.07) is 3.33. The predicted octanol–water partition coefficient (Wildman–Crippen LogP) is 1.42. The molecule has 0 radical (unpaired) electrons. The lowest BCUT2D eigenvalue weighted by Gasteiger charge is -2.00. The highest BCUT2D eigenvalue weighted by Crippen LogP contribution is 2.22. The molecule has 0 aliphatic heterocycles. The average Bonchev–Trinajstić information content (AvgIpc) is 2.84. The van der Waals surface area contributed by atoms with Crippen LogP contribution in [0.15, 0.2) is 35.5 Å². The zero-order chi connectivity index (χ0) is 11.5. The fraction of sp³-hybridized carbons (Fsp3) is 0.100. The molecule has 0 saturated heterocycles. The molecule has 0 atom stereocenters. The summed E-state index contributed by atoms with van der Waals surface area (Å²) in [5, 5.41) is 16.3. The Morgan fingerprint density at radius 2 is 2.50 bits per heavy atom. The summed E-state index contributed by atoms with van der Waals surface area (Å²) in [6.07, 6.45) is 3.07. The van der Waals surface area contributed by atoms with Gasteiger partial charge in [-0.15, -0.1) is 11.7 Å². The van der Waals surface area contributed by atoms with Crippen LogP contribution in [0.4, 0.5) is 0 Å². The van der Waals surface area contributed by atoms with E-state index >= 15 is 0 Å².